The third-order valence-electron chi connectivity index (χ3n) is 3.33. The van der Waals surface area contributed by atoms with E-state index < -0.39 is 13.2 Å². The summed E-state index contributed by atoms with van der Waals surface area (Å²) >= 11 is 5.93. The second-order valence-electron chi connectivity index (χ2n) is 5.74. The molecule has 0 saturated heterocycles. The van der Waals surface area contributed by atoms with Crippen LogP contribution in [-0.2, 0) is 17.1 Å². The maximum atomic E-state index is 11.1. The Balaban J connectivity index is 2.08. The zero-order chi connectivity index (χ0) is 16.2. The molecule has 2 aromatic carbocycles. The van der Waals surface area contributed by atoms with Crippen LogP contribution in [0, 0.1) is 10.1 Å². The molecule has 0 spiro atoms. The second-order valence-corrected chi connectivity index (χ2v) is 10.3. The van der Waals surface area contributed by atoms with Gasteiger partial charge in [0, 0.05) is 11.1 Å². The van der Waals surface area contributed by atoms with Crippen LogP contribution < -0.4 is 0 Å². The topological polar surface area (TPSA) is 52.4 Å². The summed E-state index contributed by atoms with van der Waals surface area (Å²) in [5, 5.41) is 11.5. The van der Waals surface area contributed by atoms with Crippen molar-refractivity contribution in [3.8, 4) is 0 Å². The summed E-state index contributed by atoms with van der Waals surface area (Å²) in [6.45, 7) is 4.43. The zero-order valence-electron chi connectivity index (χ0n) is 12.6. The minimum Gasteiger partial charge on any atom is -0.412 e. The van der Waals surface area contributed by atoms with Crippen molar-refractivity contribution in [2.24, 2.45) is 0 Å². The molecule has 0 bridgehead atoms. The number of nitro benzene ring substituents is 1. The van der Waals surface area contributed by atoms with Crippen LogP contribution in [0.15, 0.2) is 48.5 Å². The molecule has 0 heterocycles. The predicted molar refractivity (Wildman–Crippen MR) is 90.5 cm³/mol. The fraction of sp³-hybridized carbons (Fsp3) is 0.250. The number of rotatable bonds is 6. The van der Waals surface area contributed by atoms with Crippen LogP contribution in [-0.4, -0.2) is 13.2 Å². The van der Waals surface area contributed by atoms with Gasteiger partial charge in [0.05, 0.1) is 17.1 Å². The Morgan fingerprint density at radius 2 is 1.86 bits per heavy atom. The Labute approximate surface area is 136 Å². The first-order valence-electron chi connectivity index (χ1n) is 6.98. The van der Waals surface area contributed by atoms with E-state index in [2.05, 4.69) is 25.2 Å². The van der Waals surface area contributed by atoms with E-state index in [0.29, 0.717) is 10.6 Å². The van der Waals surface area contributed by atoms with Crippen molar-refractivity contribution < 1.29 is 9.35 Å². The van der Waals surface area contributed by atoms with Crippen LogP contribution in [0.5, 0.6) is 0 Å². The number of halogens is 1. The average molecular weight is 336 g/mol. The van der Waals surface area contributed by atoms with E-state index in [0.717, 1.165) is 6.04 Å². The molecule has 2 rings (SSSR count). The fourth-order valence-corrected chi connectivity index (χ4v) is 4.32. The van der Waals surface area contributed by atoms with E-state index in [1.165, 1.54) is 17.7 Å². The number of nitro groups is 1. The number of hydrogen-bond donors (Lipinski definition) is 0. The summed E-state index contributed by atoms with van der Waals surface area (Å²) in [4.78, 5) is 10.7. The highest BCUT2D eigenvalue weighted by Crippen LogP contribution is 2.25. The van der Waals surface area contributed by atoms with Crippen LogP contribution in [0.4, 0.5) is 5.69 Å². The summed E-state index contributed by atoms with van der Waals surface area (Å²) in [5.41, 5.74) is 1.79. The first kappa shape index (κ1) is 16.7. The van der Waals surface area contributed by atoms with Crippen LogP contribution in [0.25, 0.3) is 0 Å². The first-order valence-corrected chi connectivity index (χ1v) is 10.5. The van der Waals surface area contributed by atoms with E-state index in [4.69, 9.17) is 16.0 Å². The molecule has 0 aromatic heterocycles. The highest BCUT2D eigenvalue weighted by Gasteiger charge is 2.25. The molecule has 0 radical (unpaired) electrons. The van der Waals surface area contributed by atoms with E-state index in [-0.39, 0.29) is 12.3 Å². The summed E-state index contributed by atoms with van der Waals surface area (Å²) < 4.78 is 6.04. The van der Waals surface area contributed by atoms with Gasteiger partial charge in [0.25, 0.3) is 5.69 Å². The van der Waals surface area contributed by atoms with E-state index in [1.807, 2.05) is 18.2 Å². The van der Waals surface area contributed by atoms with Crippen LogP contribution in [0.3, 0.4) is 0 Å². The molecule has 116 valence electrons. The van der Waals surface area contributed by atoms with E-state index >= 15 is 0 Å². The van der Waals surface area contributed by atoms with Gasteiger partial charge in [-0.25, -0.2) is 0 Å². The lowest BCUT2D eigenvalue weighted by Gasteiger charge is -2.23. The molecule has 0 amide bonds. The number of hydrogen-bond acceptors (Lipinski definition) is 3. The fourth-order valence-electron chi connectivity index (χ4n) is 2.26. The van der Waals surface area contributed by atoms with Crippen molar-refractivity contribution >= 4 is 25.6 Å². The number of nitrogens with zero attached hydrogens (tertiary/aromatic N) is 1. The molecule has 22 heavy (non-hydrogen) atoms. The van der Waals surface area contributed by atoms with Gasteiger partial charge in [-0.3, -0.25) is 10.1 Å². The monoisotopic (exact) mass is 335 g/mol. The molecule has 0 aliphatic rings. The minimum atomic E-state index is -1.97. The van der Waals surface area contributed by atoms with Crippen molar-refractivity contribution in [3.05, 3.63) is 74.8 Å². The highest BCUT2D eigenvalue weighted by atomic mass is 35.5. The molecule has 0 fully saturated rings. The summed E-state index contributed by atoms with van der Waals surface area (Å²) in [6.07, 6.45) is 0. The maximum Gasteiger partial charge on any atom is 0.274 e. The largest absolute Gasteiger partial charge is 0.412 e. The Bertz CT molecular complexity index is 662. The van der Waals surface area contributed by atoms with Crippen LogP contribution in [0.1, 0.15) is 11.1 Å². The van der Waals surface area contributed by atoms with Gasteiger partial charge >= 0.3 is 0 Å². The third kappa shape index (κ3) is 4.66. The Hall–Kier alpha value is -1.69. The molecule has 0 atom stereocenters. The van der Waals surface area contributed by atoms with Gasteiger partial charge in [0.2, 0.25) is 0 Å². The molecule has 0 aliphatic carbocycles. The summed E-state index contributed by atoms with van der Waals surface area (Å²) in [6, 6.07) is 15.5. The molecule has 0 unspecified atom stereocenters. The predicted octanol–water partition coefficient (Wildman–Crippen LogP) is 4.75. The van der Waals surface area contributed by atoms with Gasteiger partial charge in [-0.15, -0.1) is 0 Å². The minimum absolute atomic E-state index is 0.0499. The van der Waals surface area contributed by atoms with Crippen molar-refractivity contribution in [2.75, 3.05) is 0 Å². The number of benzene rings is 2. The highest BCUT2D eigenvalue weighted by molar-refractivity contribution is 6.70. The summed E-state index contributed by atoms with van der Waals surface area (Å²) in [5.74, 6) is 0. The van der Waals surface area contributed by atoms with Gasteiger partial charge in [0.15, 0.2) is 8.32 Å². The van der Waals surface area contributed by atoms with Gasteiger partial charge in [0.1, 0.15) is 0 Å². The van der Waals surface area contributed by atoms with Gasteiger partial charge in [-0.2, -0.15) is 0 Å². The van der Waals surface area contributed by atoms with Gasteiger partial charge < -0.3 is 4.43 Å². The Morgan fingerprint density at radius 3 is 2.50 bits per heavy atom. The first-order chi connectivity index (χ1) is 10.4. The Kier molecular flexibility index (Phi) is 5.34. The summed E-state index contributed by atoms with van der Waals surface area (Å²) in [7, 11) is -1.97. The lowest BCUT2D eigenvalue weighted by atomic mass is 10.2. The molecular formula is C16H18ClNO3Si. The van der Waals surface area contributed by atoms with Crippen molar-refractivity contribution in [3.63, 3.8) is 0 Å². The smallest absolute Gasteiger partial charge is 0.274 e. The lowest BCUT2D eigenvalue weighted by molar-refractivity contribution is -0.385. The molecule has 6 heteroatoms. The molecule has 2 aromatic rings. The SMILES string of the molecule is C[Si](C)(Cc1ccccc1)OCc1cc(Cl)ccc1[N+](=O)[O-]. The van der Waals surface area contributed by atoms with Gasteiger partial charge in [-0.1, -0.05) is 41.9 Å². The molecule has 0 aliphatic heterocycles. The molecule has 0 saturated carbocycles. The van der Waals surface area contributed by atoms with Crippen molar-refractivity contribution in [1.82, 2.24) is 0 Å². The van der Waals surface area contributed by atoms with Crippen LogP contribution in [0.2, 0.25) is 18.1 Å². The maximum absolute atomic E-state index is 11.1. The average Bonchev–Trinajstić information content (AvgIpc) is 2.45. The zero-order valence-corrected chi connectivity index (χ0v) is 14.3. The lowest BCUT2D eigenvalue weighted by Crippen LogP contribution is -2.33. The van der Waals surface area contributed by atoms with Crippen molar-refractivity contribution in [2.45, 2.75) is 25.7 Å². The van der Waals surface area contributed by atoms with E-state index in [1.54, 1.807) is 6.07 Å². The standard InChI is InChI=1S/C16H18ClNO3Si/c1-22(2,12-13-6-4-3-5-7-13)21-11-14-10-15(17)8-9-16(14)18(19)20/h3-10H,11-12H2,1-2H3. The van der Waals surface area contributed by atoms with Crippen molar-refractivity contribution in [1.29, 1.82) is 0 Å². The molecular weight excluding hydrogens is 318 g/mol. The van der Waals surface area contributed by atoms with E-state index in [9.17, 15) is 10.1 Å². The van der Waals surface area contributed by atoms with Crippen LogP contribution >= 0.6 is 11.6 Å². The molecule has 4 nitrogen and oxygen atoms in total. The third-order valence-corrected chi connectivity index (χ3v) is 5.75. The van der Waals surface area contributed by atoms with Gasteiger partial charge in [-0.05, 0) is 36.8 Å². The Morgan fingerprint density at radius 1 is 1.18 bits per heavy atom. The quantitative estimate of drug-likeness (QED) is 0.435. The second kappa shape index (κ2) is 7.04. The molecule has 0 N–H and O–H groups in total. The normalized spacial score (nSPS) is 11.4.